The van der Waals surface area contributed by atoms with E-state index in [2.05, 4.69) is 20.6 Å². The summed E-state index contributed by atoms with van der Waals surface area (Å²) < 4.78 is 38.4. The normalized spacial score (nSPS) is 15.4. The molecule has 30 heavy (non-hydrogen) atoms. The maximum atomic E-state index is 13.0. The molecule has 2 heterocycles. The third-order valence-electron chi connectivity index (χ3n) is 4.50. The van der Waals surface area contributed by atoms with E-state index >= 15 is 0 Å². The molecule has 1 aliphatic heterocycles. The SMILES string of the molecule is CCNC(=NCc1cc2c(cc1OCC)CC(C)O2)NCc1nccn1C(F)F.I. The molecule has 1 aliphatic rings. The molecule has 2 N–H and O–H groups in total. The van der Waals surface area contributed by atoms with Gasteiger partial charge in [0.1, 0.15) is 23.4 Å². The van der Waals surface area contributed by atoms with E-state index < -0.39 is 6.55 Å². The fourth-order valence-corrected chi connectivity index (χ4v) is 3.22. The van der Waals surface area contributed by atoms with Crippen LogP contribution < -0.4 is 20.1 Å². The summed E-state index contributed by atoms with van der Waals surface area (Å²) in [6.45, 7) is 4.97. The van der Waals surface area contributed by atoms with Crippen molar-refractivity contribution >= 4 is 29.9 Å². The summed E-state index contributed by atoms with van der Waals surface area (Å²) in [5.74, 6) is 2.40. The Balaban J connectivity index is 0.00000320. The van der Waals surface area contributed by atoms with Gasteiger partial charge in [0.25, 0.3) is 0 Å². The van der Waals surface area contributed by atoms with Gasteiger partial charge in [0.15, 0.2) is 5.96 Å². The lowest BCUT2D eigenvalue weighted by Gasteiger charge is -2.14. The predicted octanol–water partition coefficient (Wildman–Crippen LogP) is 3.87. The van der Waals surface area contributed by atoms with Crippen LogP contribution in [0.15, 0.2) is 29.5 Å². The van der Waals surface area contributed by atoms with Gasteiger partial charge < -0.3 is 20.1 Å². The highest BCUT2D eigenvalue weighted by Crippen LogP contribution is 2.35. The van der Waals surface area contributed by atoms with Gasteiger partial charge in [-0.25, -0.2) is 9.98 Å². The van der Waals surface area contributed by atoms with Crippen LogP contribution in [0.3, 0.4) is 0 Å². The molecule has 10 heteroatoms. The number of imidazole rings is 1. The van der Waals surface area contributed by atoms with Gasteiger partial charge in [-0.15, -0.1) is 24.0 Å². The third-order valence-corrected chi connectivity index (χ3v) is 4.50. The number of hydrogen-bond donors (Lipinski definition) is 2. The standard InChI is InChI=1S/C20H27F2N5O2.HI/c1-4-23-20(26-12-18-24-6-7-27(18)19(21)22)25-11-15-10-17-14(8-13(3)29-17)9-16(15)28-5-2;/h6-7,9-10,13,19H,4-5,8,11-12H2,1-3H3,(H2,23,25,26);1H. The molecule has 0 radical (unpaired) electrons. The summed E-state index contributed by atoms with van der Waals surface area (Å²) in [6.07, 6.45) is 3.62. The molecular weight excluding hydrogens is 507 g/mol. The molecule has 1 unspecified atom stereocenters. The van der Waals surface area contributed by atoms with E-state index in [4.69, 9.17) is 9.47 Å². The first kappa shape index (κ1) is 24.2. The Morgan fingerprint density at radius 3 is 2.87 bits per heavy atom. The zero-order valence-electron chi connectivity index (χ0n) is 17.3. The van der Waals surface area contributed by atoms with E-state index in [0.717, 1.165) is 33.6 Å². The second kappa shape index (κ2) is 11.3. The topological polar surface area (TPSA) is 72.7 Å². The Kier molecular flexibility index (Phi) is 9.12. The molecule has 0 saturated heterocycles. The maximum absolute atomic E-state index is 13.0. The number of hydrogen-bond acceptors (Lipinski definition) is 4. The highest BCUT2D eigenvalue weighted by Gasteiger charge is 2.22. The van der Waals surface area contributed by atoms with Crippen LogP contribution in [-0.4, -0.2) is 34.8 Å². The Bertz CT molecular complexity index is 860. The zero-order chi connectivity index (χ0) is 20.8. The number of benzene rings is 1. The van der Waals surface area contributed by atoms with Crippen molar-refractivity contribution in [1.29, 1.82) is 0 Å². The van der Waals surface area contributed by atoms with Crippen molar-refractivity contribution in [3.63, 3.8) is 0 Å². The summed E-state index contributed by atoms with van der Waals surface area (Å²) >= 11 is 0. The van der Waals surface area contributed by atoms with Gasteiger partial charge in [-0.05, 0) is 32.9 Å². The van der Waals surface area contributed by atoms with E-state index in [1.807, 2.05) is 32.9 Å². The molecular formula is C20H28F2IN5O2. The molecule has 0 spiro atoms. The molecule has 3 rings (SSSR count). The van der Waals surface area contributed by atoms with Crippen molar-refractivity contribution in [1.82, 2.24) is 20.2 Å². The smallest absolute Gasteiger partial charge is 0.319 e. The molecule has 7 nitrogen and oxygen atoms in total. The van der Waals surface area contributed by atoms with Crippen LogP contribution >= 0.6 is 24.0 Å². The van der Waals surface area contributed by atoms with Gasteiger partial charge in [0.2, 0.25) is 0 Å². The first-order valence-electron chi connectivity index (χ1n) is 9.79. The van der Waals surface area contributed by atoms with Gasteiger partial charge in [0.05, 0.1) is 19.7 Å². The molecule has 1 aromatic heterocycles. The highest BCUT2D eigenvalue weighted by molar-refractivity contribution is 14.0. The van der Waals surface area contributed by atoms with Crippen LogP contribution in [0, 0.1) is 0 Å². The van der Waals surface area contributed by atoms with Crippen molar-refractivity contribution in [2.24, 2.45) is 4.99 Å². The first-order valence-corrected chi connectivity index (χ1v) is 9.79. The molecule has 0 aliphatic carbocycles. The molecule has 0 bridgehead atoms. The molecule has 2 aromatic rings. The number of ether oxygens (including phenoxy) is 2. The number of guanidine groups is 1. The Morgan fingerprint density at radius 2 is 2.17 bits per heavy atom. The highest BCUT2D eigenvalue weighted by atomic mass is 127. The number of alkyl halides is 2. The molecule has 166 valence electrons. The Hall–Kier alpha value is -2.11. The summed E-state index contributed by atoms with van der Waals surface area (Å²) in [5, 5.41) is 6.17. The minimum absolute atomic E-state index is 0. The van der Waals surface area contributed by atoms with Crippen molar-refractivity contribution in [2.75, 3.05) is 13.2 Å². The summed E-state index contributed by atoms with van der Waals surface area (Å²) in [4.78, 5) is 8.55. The van der Waals surface area contributed by atoms with Crippen LogP contribution in [0.5, 0.6) is 11.5 Å². The van der Waals surface area contributed by atoms with Crippen LogP contribution in [0.2, 0.25) is 0 Å². The van der Waals surface area contributed by atoms with E-state index in [1.165, 1.54) is 12.4 Å². The zero-order valence-corrected chi connectivity index (χ0v) is 19.7. The minimum atomic E-state index is -2.63. The van der Waals surface area contributed by atoms with E-state index in [0.29, 0.717) is 25.7 Å². The second-order valence-corrected chi connectivity index (χ2v) is 6.71. The summed E-state index contributed by atoms with van der Waals surface area (Å²) in [6, 6.07) is 3.99. The summed E-state index contributed by atoms with van der Waals surface area (Å²) in [7, 11) is 0. The quantitative estimate of drug-likeness (QED) is 0.305. The van der Waals surface area contributed by atoms with Gasteiger partial charge in [-0.1, -0.05) is 0 Å². The summed E-state index contributed by atoms with van der Waals surface area (Å²) in [5.41, 5.74) is 2.04. The largest absolute Gasteiger partial charge is 0.494 e. The van der Waals surface area contributed by atoms with E-state index in [9.17, 15) is 8.78 Å². The van der Waals surface area contributed by atoms with Crippen LogP contribution in [0.25, 0.3) is 0 Å². The monoisotopic (exact) mass is 535 g/mol. The van der Waals surface area contributed by atoms with Crippen molar-refractivity contribution in [3.05, 3.63) is 41.5 Å². The minimum Gasteiger partial charge on any atom is -0.494 e. The second-order valence-electron chi connectivity index (χ2n) is 6.71. The predicted molar refractivity (Wildman–Crippen MR) is 122 cm³/mol. The number of halogens is 3. The Labute approximate surface area is 192 Å². The first-order chi connectivity index (χ1) is 14.0. The number of nitrogens with zero attached hydrogens (tertiary/aromatic N) is 3. The van der Waals surface area contributed by atoms with Crippen LogP contribution in [-0.2, 0) is 19.5 Å². The van der Waals surface area contributed by atoms with Crippen molar-refractivity contribution in [2.45, 2.75) is 52.9 Å². The van der Waals surface area contributed by atoms with Crippen molar-refractivity contribution < 1.29 is 18.3 Å². The van der Waals surface area contributed by atoms with Gasteiger partial charge >= 0.3 is 6.55 Å². The number of nitrogens with one attached hydrogen (secondary N) is 2. The Morgan fingerprint density at radius 1 is 1.37 bits per heavy atom. The van der Waals surface area contributed by atoms with E-state index in [-0.39, 0.29) is 42.4 Å². The molecule has 1 atom stereocenters. The fourth-order valence-electron chi connectivity index (χ4n) is 3.22. The van der Waals surface area contributed by atoms with Crippen molar-refractivity contribution in [3.8, 4) is 11.5 Å². The average Bonchev–Trinajstić information content (AvgIpc) is 3.29. The maximum Gasteiger partial charge on any atom is 0.319 e. The van der Waals surface area contributed by atoms with Gasteiger partial charge in [0, 0.05) is 36.5 Å². The lowest BCUT2D eigenvalue weighted by atomic mass is 10.1. The fraction of sp³-hybridized carbons (Fsp3) is 0.500. The third kappa shape index (κ3) is 5.96. The lowest BCUT2D eigenvalue weighted by molar-refractivity contribution is 0.0668. The lowest BCUT2D eigenvalue weighted by Crippen LogP contribution is -2.37. The number of aromatic nitrogens is 2. The van der Waals surface area contributed by atoms with Gasteiger partial charge in [-0.3, -0.25) is 4.57 Å². The molecule has 0 saturated carbocycles. The van der Waals surface area contributed by atoms with E-state index in [1.54, 1.807) is 0 Å². The number of fused-ring (bicyclic) bond motifs is 1. The van der Waals surface area contributed by atoms with Crippen LogP contribution in [0.4, 0.5) is 8.78 Å². The molecule has 1 aromatic carbocycles. The molecule has 0 fully saturated rings. The number of aliphatic imine (C=N–C) groups is 1. The van der Waals surface area contributed by atoms with Crippen LogP contribution in [0.1, 0.15) is 44.3 Å². The van der Waals surface area contributed by atoms with Gasteiger partial charge in [-0.2, -0.15) is 8.78 Å². The molecule has 0 amide bonds. The number of rotatable bonds is 8. The average molecular weight is 535 g/mol.